The quantitative estimate of drug-likeness (QED) is 0.858. The average Bonchev–Trinajstić information content (AvgIpc) is 2.45. The summed E-state index contributed by atoms with van der Waals surface area (Å²) in [5, 5.41) is 8.83. The van der Waals surface area contributed by atoms with Crippen LogP contribution in [0.5, 0.6) is 0 Å². The summed E-state index contributed by atoms with van der Waals surface area (Å²) in [6.45, 7) is 0. The molecule has 0 saturated carbocycles. The number of halogens is 3. The molecule has 0 aliphatic rings. The number of hydrogen-bond donors (Lipinski definition) is 2. The minimum absolute atomic E-state index is 0.00477. The highest BCUT2D eigenvalue weighted by Crippen LogP contribution is 2.24. The van der Waals surface area contributed by atoms with Crippen molar-refractivity contribution in [1.82, 2.24) is 0 Å². The Hall–Kier alpha value is -2.55. The number of aromatic carboxylic acids is 1. The van der Waals surface area contributed by atoms with Gasteiger partial charge in [-0.3, -0.25) is 4.72 Å². The second kappa shape index (κ2) is 6.52. The molecule has 0 aliphatic carbocycles. The Bertz CT molecular complexity index is 829. The first-order chi connectivity index (χ1) is 11.1. The van der Waals surface area contributed by atoms with Gasteiger partial charge in [0, 0.05) is 5.69 Å². The summed E-state index contributed by atoms with van der Waals surface area (Å²) in [6, 6.07) is 11.7. The van der Waals surface area contributed by atoms with Gasteiger partial charge in [-0.25, -0.2) is 13.2 Å². The number of benzene rings is 2. The standard InChI is InChI=1S/C15H12F3NO4S/c16-15(17,18)9-24(22,23)19-13-7-5-11(6-8-13)10-1-3-12(4-2-10)14(20)21/h1-8,19H,9H2,(H,20,21). The Balaban J connectivity index is 2.14. The van der Waals surface area contributed by atoms with E-state index in [1.54, 1.807) is 12.1 Å². The lowest BCUT2D eigenvalue weighted by atomic mass is 10.0. The third kappa shape index (κ3) is 4.98. The smallest absolute Gasteiger partial charge is 0.404 e. The van der Waals surface area contributed by atoms with Crippen molar-refractivity contribution in [3.63, 3.8) is 0 Å². The number of alkyl halides is 3. The predicted molar refractivity (Wildman–Crippen MR) is 82.3 cm³/mol. The number of carboxylic acid groups (broad SMARTS) is 1. The van der Waals surface area contributed by atoms with Gasteiger partial charge in [0.15, 0.2) is 5.75 Å². The number of nitrogens with one attached hydrogen (secondary N) is 1. The van der Waals surface area contributed by atoms with Gasteiger partial charge in [0.1, 0.15) is 0 Å². The van der Waals surface area contributed by atoms with Crippen molar-refractivity contribution in [2.75, 3.05) is 10.5 Å². The maximum absolute atomic E-state index is 12.2. The third-order valence-corrected chi connectivity index (χ3v) is 4.23. The number of carbonyl (C=O) groups is 1. The molecule has 0 unspecified atom stereocenters. The van der Waals surface area contributed by atoms with Gasteiger partial charge in [0.25, 0.3) is 0 Å². The van der Waals surface area contributed by atoms with Crippen LogP contribution in [0, 0.1) is 0 Å². The van der Waals surface area contributed by atoms with Gasteiger partial charge in [-0.15, -0.1) is 0 Å². The van der Waals surface area contributed by atoms with Crippen molar-refractivity contribution in [3.05, 3.63) is 54.1 Å². The molecule has 0 aliphatic heterocycles. The van der Waals surface area contributed by atoms with Gasteiger partial charge < -0.3 is 5.11 Å². The molecule has 2 N–H and O–H groups in total. The van der Waals surface area contributed by atoms with E-state index in [2.05, 4.69) is 0 Å². The van der Waals surface area contributed by atoms with E-state index in [1.165, 1.54) is 36.4 Å². The van der Waals surface area contributed by atoms with Gasteiger partial charge in [-0.2, -0.15) is 13.2 Å². The fourth-order valence-corrected chi connectivity index (χ4v) is 2.97. The van der Waals surface area contributed by atoms with Crippen molar-refractivity contribution in [2.45, 2.75) is 6.18 Å². The first-order valence-electron chi connectivity index (χ1n) is 6.57. The topological polar surface area (TPSA) is 83.5 Å². The maximum Gasteiger partial charge on any atom is 0.404 e. The molecule has 2 aromatic rings. The fourth-order valence-electron chi connectivity index (χ4n) is 1.97. The van der Waals surface area contributed by atoms with E-state index in [1.807, 2.05) is 4.72 Å². The Labute approximate surface area is 135 Å². The summed E-state index contributed by atoms with van der Waals surface area (Å²) in [5.74, 6) is -3.02. The normalized spacial score (nSPS) is 12.0. The number of hydrogen-bond acceptors (Lipinski definition) is 3. The molecule has 0 radical (unpaired) electrons. The highest BCUT2D eigenvalue weighted by atomic mass is 32.2. The van der Waals surface area contributed by atoms with E-state index < -0.39 is 27.9 Å². The third-order valence-electron chi connectivity index (χ3n) is 2.98. The number of carboxylic acids is 1. The lowest BCUT2D eigenvalue weighted by molar-refractivity contribution is -0.106. The van der Waals surface area contributed by atoms with Crippen LogP contribution in [0.2, 0.25) is 0 Å². The molecule has 0 amide bonds. The number of rotatable bonds is 5. The van der Waals surface area contributed by atoms with Crippen LogP contribution in [-0.4, -0.2) is 31.4 Å². The van der Waals surface area contributed by atoms with Crippen LogP contribution in [0.15, 0.2) is 48.5 Å². The predicted octanol–water partition coefficient (Wildman–Crippen LogP) is 3.36. The molecule has 0 spiro atoms. The van der Waals surface area contributed by atoms with Crippen molar-refractivity contribution in [3.8, 4) is 11.1 Å². The van der Waals surface area contributed by atoms with Crippen molar-refractivity contribution < 1.29 is 31.5 Å². The molecule has 0 atom stereocenters. The largest absolute Gasteiger partial charge is 0.478 e. The molecule has 0 fully saturated rings. The average molecular weight is 359 g/mol. The van der Waals surface area contributed by atoms with Crippen LogP contribution in [0.1, 0.15) is 10.4 Å². The molecule has 9 heteroatoms. The zero-order valence-electron chi connectivity index (χ0n) is 12.0. The Morgan fingerprint density at radius 2 is 1.42 bits per heavy atom. The summed E-state index contributed by atoms with van der Waals surface area (Å²) >= 11 is 0. The molecule has 0 aromatic heterocycles. The van der Waals surface area contributed by atoms with Gasteiger partial charge in [-0.05, 0) is 35.4 Å². The van der Waals surface area contributed by atoms with Gasteiger partial charge >= 0.3 is 12.1 Å². The molecular weight excluding hydrogens is 347 g/mol. The minimum Gasteiger partial charge on any atom is -0.478 e. The summed E-state index contributed by atoms with van der Waals surface area (Å²) < 4.78 is 61.1. The monoisotopic (exact) mass is 359 g/mol. The SMILES string of the molecule is O=C(O)c1ccc(-c2ccc(NS(=O)(=O)CC(F)(F)F)cc2)cc1. The van der Waals surface area contributed by atoms with Crippen LogP contribution in [-0.2, 0) is 10.0 Å². The molecule has 0 bridgehead atoms. The first-order valence-corrected chi connectivity index (χ1v) is 8.22. The fraction of sp³-hybridized carbons (Fsp3) is 0.133. The van der Waals surface area contributed by atoms with E-state index in [0.717, 1.165) is 0 Å². The molecule has 0 heterocycles. The molecule has 5 nitrogen and oxygen atoms in total. The molecule has 0 saturated heterocycles. The lowest BCUT2D eigenvalue weighted by Crippen LogP contribution is -2.27. The molecular formula is C15H12F3NO4S. The van der Waals surface area contributed by atoms with Crippen molar-refractivity contribution in [1.29, 1.82) is 0 Å². The van der Waals surface area contributed by atoms with Gasteiger partial charge in [0.2, 0.25) is 10.0 Å². The highest BCUT2D eigenvalue weighted by molar-refractivity contribution is 7.92. The van der Waals surface area contributed by atoms with Crippen LogP contribution in [0.3, 0.4) is 0 Å². The first kappa shape index (κ1) is 17.8. The van der Waals surface area contributed by atoms with E-state index in [4.69, 9.17) is 5.11 Å². The number of sulfonamides is 1. The molecule has 2 rings (SSSR count). The van der Waals surface area contributed by atoms with Gasteiger partial charge in [0.05, 0.1) is 5.56 Å². The van der Waals surface area contributed by atoms with Crippen molar-refractivity contribution >= 4 is 21.7 Å². The molecule has 24 heavy (non-hydrogen) atoms. The van der Waals surface area contributed by atoms with E-state index >= 15 is 0 Å². The van der Waals surface area contributed by atoms with Gasteiger partial charge in [-0.1, -0.05) is 24.3 Å². The summed E-state index contributed by atoms with van der Waals surface area (Å²) in [6.07, 6.45) is -4.82. The Kier molecular flexibility index (Phi) is 4.83. The summed E-state index contributed by atoms with van der Waals surface area (Å²) in [5.41, 5.74) is 1.47. The van der Waals surface area contributed by atoms with E-state index in [-0.39, 0.29) is 11.3 Å². The maximum atomic E-state index is 12.2. The van der Waals surface area contributed by atoms with E-state index in [0.29, 0.717) is 11.1 Å². The zero-order valence-corrected chi connectivity index (χ0v) is 12.9. The second-order valence-corrected chi connectivity index (χ2v) is 6.66. The molecule has 128 valence electrons. The minimum atomic E-state index is -4.82. The second-order valence-electron chi connectivity index (χ2n) is 4.94. The van der Waals surface area contributed by atoms with E-state index in [9.17, 15) is 26.4 Å². The zero-order chi connectivity index (χ0) is 18.0. The summed E-state index contributed by atoms with van der Waals surface area (Å²) in [4.78, 5) is 10.8. The Morgan fingerprint density at radius 3 is 1.83 bits per heavy atom. The van der Waals surface area contributed by atoms with Crippen LogP contribution < -0.4 is 4.72 Å². The summed E-state index contributed by atoms with van der Waals surface area (Å²) in [7, 11) is -4.53. The lowest BCUT2D eigenvalue weighted by Gasteiger charge is -2.10. The number of anilines is 1. The van der Waals surface area contributed by atoms with Crippen molar-refractivity contribution in [2.24, 2.45) is 0 Å². The Morgan fingerprint density at radius 1 is 0.958 bits per heavy atom. The highest BCUT2D eigenvalue weighted by Gasteiger charge is 2.35. The van der Waals surface area contributed by atoms with Crippen LogP contribution in [0.4, 0.5) is 18.9 Å². The van der Waals surface area contributed by atoms with Crippen LogP contribution >= 0.6 is 0 Å². The van der Waals surface area contributed by atoms with Crippen LogP contribution in [0.25, 0.3) is 11.1 Å². The molecule has 2 aromatic carbocycles.